The van der Waals surface area contributed by atoms with Gasteiger partial charge < -0.3 is 14.5 Å². The molecule has 2 heterocycles. The molecule has 1 N–H and O–H groups in total. The molecule has 0 unspecified atom stereocenters. The molecular weight excluding hydrogens is 270 g/mol. The van der Waals surface area contributed by atoms with Gasteiger partial charge in [-0.25, -0.2) is 9.78 Å². The van der Waals surface area contributed by atoms with Crippen molar-refractivity contribution in [1.82, 2.24) is 15.0 Å². The molecule has 0 amide bonds. The number of fused-ring (bicyclic) bond motifs is 3. The third kappa shape index (κ3) is 2.29. The molecule has 0 fully saturated rings. The molecule has 108 valence electrons. The van der Waals surface area contributed by atoms with Crippen LogP contribution in [0.15, 0.2) is 24.5 Å². The predicted molar refractivity (Wildman–Crippen MR) is 78.5 cm³/mol. The largest absolute Gasteiger partial charge is 0.476 e. The molecule has 3 rings (SSSR count). The number of carbonyl (C=O) groups is 1. The first-order valence-electron chi connectivity index (χ1n) is 6.81. The summed E-state index contributed by atoms with van der Waals surface area (Å²) in [5, 5.41) is 0.918. The highest BCUT2D eigenvalue weighted by molar-refractivity contribution is 6.08. The van der Waals surface area contributed by atoms with Crippen molar-refractivity contribution < 1.29 is 14.3 Å². The van der Waals surface area contributed by atoms with Crippen LogP contribution in [-0.4, -0.2) is 34.1 Å². The van der Waals surface area contributed by atoms with Crippen LogP contribution in [0.2, 0.25) is 0 Å². The zero-order valence-electron chi connectivity index (χ0n) is 11.8. The lowest BCUT2D eigenvalue weighted by atomic mass is 10.1. The number of aromatic amines is 1. The Labute approximate surface area is 121 Å². The van der Waals surface area contributed by atoms with E-state index in [4.69, 9.17) is 9.47 Å². The van der Waals surface area contributed by atoms with E-state index < -0.39 is 0 Å². The summed E-state index contributed by atoms with van der Waals surface area (Å²) in [6.45, 7) is 4.55. The molecule has 6 heteroatoms. The van der Waals surface area contributed by atoms with E-state index in [1.807, 2.05) is 13.0 Å². The Morgan fingerprint density at radius 1 is 1.24 bits per heavy atom. The van der Waals surface area contributed by atoms with Gasteiger partial charge in [-0.2, -0.15) is 4.98 Å². The first-order chi connectivity index (χ1) is 10.2. The van der Waals surface area contributed by atoms with Gasteiger partial charge in [0.1, 0.15) is 17.4 Å². The van der Waals surface area contributed by atoms with Crippen molar-refractivity contribution in [1.29, 1.82) is 0 Å². The second-order valence-corrected chi connectivity index (χ2v) is 4.44. The van der Waals surface area contributed by atoms with Crippen LogP contribution in [0.1, 0.15) is 24.2 Å². The van der Waals surface area contributed by atoms with Crippen LogP contribution >= 0.6 is 0 Å². The van der Waals surface area contributed by atoms with Gasteiger partial charge in [0.2, 0.25) is 5.88 Å². The molecule has 0 aliphatic carbocycles. The van der Waals surface area contributed by atoms with Crippen LogP contribution < -0.4 is 4.74 Å². The van der Waals surface area contributed by atoms with E-state index in [-0.39, 0.29) is 5.97 Å². The molecule has 0 saturated heterocycles. The van der Waals surface area contributed by atoms with E-state index in [0.717, 1.165) is 21.9 Å². The van der Waals surface area contributed by atoms with E-state index >= 15 is 0 Å². The van der Waals surface area contributed by atoms with Gasteiger partial charge in [0.25, 0.3) is 0 Å². The van der Waals surface area contributed by atoms with Gasteiger partial charge in [-0.05, 0) is 32.0 Å². The lowest BCUT2D eigenvalue weighted by Gasteiger charge is -2.01. The average molecular weight is 285 g/mol. The van der Waals surface area contributed by atoms with Crippen LogP contribution in [0.4, 0.5) is 0 Å². The molecule has 0 aliphatic rings. The highest BCUT2D eigenvalue weighted by atomic mass is 16.5. The van der Waals surface area contributed by atoms with Gasteiger partial charge in [0.05, 0.1) is 18.8 Å². The van der Waals surface area contributed by atoms with Gasteiger partial charge >= 0.3 is 5.97 Å². The SMILES string of the molecule is CCOC(=O)c1ccc2c(c1)[nH]c1c(OCC)ncnc12. The van der Waals surface area contributed by atoms with Gasteiger partial charge in [-0.3, -0.25) is 0 Å². The molecule has 1 aromatic carbocycles. The van der Waals surface area contributed by atoms with Crippen LogP contribution in [0.5, 0.6) is 5.88 Å². The zero-order valence-corrected chi connectivity index (χ0v) is 11.8. The third-order valence-electron chi connectivity index (χ3n) is 3.14. The Morgan fingerprint density at radius 3 is 2.86 bits per heavy atom. The van der Waals surface area contributed by atoms with E-state index in [1.54, 1.807) is 19.1 Å². The number of ether oxygens (including phenoxy) is 2. The second-order valence-electron chi connectivity index (χ2n) is 4.44. The summed E-state index contributed by atoms with van der Waals surface area (Å²) in [4.78, 5) is 23.4. The second kappa shape index (κ2) is 5.40. The molecule has 0 spiro atoms. The number of carbonyl (C=O) groups excluding carboxylic acids is 1. The van der Waals surface area contributed by atoms with Crippen molar-refractivity contribution in [2.45, 2.75) is 13.8 Å². The lowest BCUT2D eigenvalue weighted by molar-refractivity contribution is 0.0526. The fraction of sp³-hybridized carbons (Fsp3) is 0.267. The Morgan fingerprint density at radius 2 is 2.10 bits per heavy atom. The zero-order chi connectivity index (χ0) is 14.8. The highest BCUT2D eigenvalue weighted by Gasteiger charge is 2.14. The molecular formula is C15H15N3O3. The van der Waals surface area contributed by atoms with Gasteiger partial charge in [0.15, 0.2) is 0 Å². The smallest absolute Gasteiger partial charge is 0.338 e. The molecule has 0 bridgehead atoms. The summed E-state index contributed by atoms with van der Waals surface area (Å²) in [6, 6.07) is 5.34. The molecule has 0 saturated carbocycles. The Kier molecular flexibility index (Phi) is 3.43. The van der Waals surface area contributed by atoms with Crippen molar-refractivity contribution >= 4 is 27.9 Å². The minimum absolute atomic E-state index is 0.339. The van der Waals surface area contributed by atoms with E-state index in [2.05, 4.69) is 15.0 Å². The molecule has 0 aliphatic heterocycles. The summed E-state index contributed by atoms with van der Waals surface area (Å²) >= 11 is 0. The van der Waals surface area contributed by atoms with Crippen LogP contribution in [0.3, 0.4) is 0 Å². The number of nitrogens with one attached hydrogen (secondary N) is 1. The van der Waals surface area contributed by atoms with Gasteiger partial charge in [-0.1, -0.05) is 0 Å². The Balaban J connectivity index is 2.16. The number of H-pyrrole nitrogens is 1. The number of nitrogens with zero attached hydrogens (tertiary/aromatic N) is 2. The number of hydrogen-bond donors (Lipinski definition) is 1. The van der Waals surface area contributed by atoms with Crippen molar-refractivity contribution in [3.05, 3.63) is 30.1 Å². The first-order valence-corrected chi connectivity index (χ1v) is 6.81. The summed E-state index contributed by atoms with van der Waals surface area (Å²) < 4.78 is 10.5. The van der Waals surface area contributed by atoms with Crippen LogP contribution in [0, 0.1) is 0 Å². The maximum atomic E-state index is 11.8. The Bertz CT molecular complexity index is 810. The van der Waals surface area contributed by atoms with Gasteiger partial charge in [0, 0.05) is 10.9 Å². The molecule has 0 atom stereocenters. The lowest BCUT2D eigenvalue weighted by Crippen LogP contribution is -2.03. The molecule has 3 aromatic rings. The average Bonchev–Trinajstić information content (AvgIpc) is 2.86. The van der Waals surface area contributed by atoms with Crippen molar-refractivity contribution in [2.24, 2.45) is 0 Å². The van der Waals surface area contributed by atoms with Crippen molar-refractivity contribution in [3.63, 3.8) is 0 Å². The third-order valence-corrected chi connectivity index (χ3v) is 3.14. The summed E-state index contributed by atoms with van der Waals surface area (Å²) in [5.41, 5.74) is 2.81. The minimum atomic E-state index is -0.339. The molecule has 21 heavy (non-hydrogen) atoms. The summed E-state index contributed by atoms with van der Waals surface area (Å²) in [6.07, 6.45) is 1.47. The normalized spacial score (nSPS) is 11.0. The maximum absolute atomic E-state index is 11.8. The number of esters is 1. The molecule has 6 nitrogen and oxygen atoms in total. The standard InChI is InChI=1S/C15H15N3O3/c1-3-20-14-13-12(16-8-17-14)10-6-5-9(7-11(10)18-13)15(19)21-4-2/h5-8,18H,3-4H2,1-2H3. The summed E-state index contributed by atoms with van der Waals surface area (Å²) in [5.74, 6) is 0.172. The van der Waals surface area contributed by atoms with Crippen molar-refractivity contribution in [3.8, 4) is 5.88 Å². The quantitative estimate of drug-likeness (QED) is 0.746. The first kappa shape index (κ1) is 13.4. The fourth-order valence-corrected chi connectivity index (χ4v) is 2.26. The topological polar surface area (TPSA) is 77.1 Å². The fourth-order valence-electron chi connectivity index (χ4n) is 2.26. The monoisotopic (exact) mass is 285 g/mol. The van der Waals surface area contributed by atoms with Gasteiger partial charge in [-0.15, -0.1) is 0 Å². The number of rotatable bonds is 4. The maximum Gasteiger partial charge on any atom is 0.338 e. The minimum Gasteiger partial charge on any atom is -0.476 e. The Hall–Kier alpha value is -2.63. The van der Waals surface area contributed by atoms with Crippen molar-refractivity contribution in [2.75, 3.05) is 13.2 Å². The predicted octanol–water partition coefficient (Wildman–Crippen LogP) is 2.69. The number of hydrogen-bond acceptors (Lipinski definition) is 5. The van der Waals surface area contributed by atoms with E-state index in [9.17, 15) is 4.79 Å². The van der Waals surface area contributed by atoms with E-state index in [1.165, 1.54) is 6.33 Å². The van der Waals surface area contributed by atoms with Crippen LogP contribution in [0.25, 0.3) is 21.9 Å². The van der Waals surface area contributed by atoms with E-state index in [0.29, 0.717) is 24.7 Å². The number of aromatic nitrogens is 3. The summed E-state index contributed by atoms with van der Waals surface area (Å²) in [7, 11) is 0. The molecule has 2 aromatic heterocycles. The molecule has 0 radical (unpaired) electrons. The number of benzene rings is 1. The highest BCUT2D eigenvalue weighted by Crippen LogP contribution is 2.29. The van der Waals surface area contributed by atoms with Crippen LogP contribution in [-0.2, 0) is 4.74 Å².